The minimum atomic E-state index is -0.433. The quantitative estimate of drug-likeness (QED) is 0.368. The standard InChI is InChI=1S/C29H23NO3/c31-18-20-12-14-22(15-13-20)23-7-5-6-21(16-23)17-30-29(32)33-19-28-26-10-3-1-8-24(26)25-9-2-4-11-27(25)28/h1-16,18,28H,17,19H2,(H,30,32). The summed E-state index contributed by atoms with van der Waals surface area (Å²) in [5, 5.41) is 2.86. The summed E-state index contributed by atoms with van der Waals surface area (Å²) in [5.41, 5.74) is 8.47. The smallest absolute Gasteiger partial charge is 0.407 e. The van der Waals surface area contributed by atoms with Gasteiger partial charge in [0, 0.05) is 18.0 Å². The van der Waals surface area contributed by atoms with Crippen LogP contribution in [0.1, 0.15) is 33.0 Å². The minimum absolute atomic E-state index is 0.0424. The summed E-state index contributed by atoms with van der Waals surface area (Å²) in [6.07, 6.45) is 0.399. The molecule has 0 atom stereocenters. The van der Waals surface area contributed by atoms with Gasteiger partial charge < -0.3 is 10.1 Å². The van der Waals surface area contributed by atoms with E-state index in [4.69, 9.17) is 4.74 Å². The molecule has 33 heavy (non-hydrogen) atoms. The lowest BCUT2D eigenvalue weighted by molar-refractivity contribution is 0.112. The summed E-state index contributed by atoms with van der Waals surface area (Å²) in [5.74, 6) is 0.0424. The minimum Gasteiger partial charge on any atom is -0.449 e. The molecule has 0 unspecified atom stereocenters. The van der Waals surface area contributed by atoms with E-state index in [0.717, 1.165) is 23.0 Å². The Labute approximate surface area is 192 Å². The molecular weight excluding hydrogens is 410 g/mol. The molecule has 5 rings (SSSR count). The number of benzene rings is 4. The van der Waals surface area contributed by atoms with Crippen molar-refractivity contribution in [3.05, 3.63) is 119 Å². The third kappa shape index (κ3) is 4.28. The van der Waals surface area contributed by atoms with E-state index in [9.17, 15) is 9.59 Å². The molecule has 4 aromatic carbocycles. The first kappa shape index (κ1) is 20.7. The van der Waals surface area contributed by atoms with E-state index < -0.39 is 6.09 Å². The van der Waals surface area contributed by atoms with Gasteiger partial charge in [-0.25, -0.2) is 4.79 Å². The molecule has 0 saturated carbocycles. The van der Waals surface area contributed by atoms with Gasteiger partial charge in [0.05, 0.1) is 0 Å². The van der Waals surface area contributed by atoms with E-state index in [1.807, 2.05) is 60.7 Å². The predicted molar refractivity (Wildman–Crippen MR) is 129 cm³/mol. The van der Waals surface area contributed by atoms with Gasteiger partial charge in [0.15, 0.2) is 0 Å². The molecule has 0 fully saturated rings. The number of aldehydes is 1. The molecule has 1 aliphatic rings. The van der Waals surface area contributed by atoms with Gasteiger partial charge in [0.1, 0.15) is 12.9 Å². The monoisotopic (exact) mass is 433 g/mol. The molecule has 0 aliphatic heterocycles. The van der Waals surface area contributed by atoms with Crippen LogP contribution < -0.4 is 5.32 Å². The maximum atomic E-state index is 12.5. The molecular formula is C29H23NO3. The summed E-state index contributed by atoms with van der Waals surface area (Å²) in [6.45, 7) is 0.667. The highest BCUT2D eigenvalue weighted by Gasteiger charge is 2.28. The lowest BCUT2D eigenvalue weighted by Gasteiger charge is -2.15. The number of rotatable bonds is 6. The Morgan fingerprint density at radius 3 is 2.12 bits per heavy atom. The van der Waals surface area contributed by atoms with Crippen molar-refractivity contribution in [3.8, 4) is 22.3 Å². The molecule has 1 N–H and O–H groups in total. The summed E-state index contributed by atoms with van der Waals surface area (Å²) in [6, 6.07) is 32.0. The number of nitrogens with one attached hydrogen (secondary N) is 1. The highest BCUT2D eigenvalue weighted by atomic mass is 16.5. The molecule has 0 bridgehead atoms. The molecule has 4 heteroatoms. The number of carbonyl (C=O) groups excluding carboxylic acids is 2. The average Bonchev–Trinajstić information content (AvgIpc) is 3.20. The third-order valence-corrected chi connectivity index (χ3v) is 6.09. The SMILES string of the molecule is O=Cc1ccc(-c2cccc(CNC(=O)OCC3c4ccccc4-c4ccccc43)c2)cc1. The summed E-state index contributed by atoms with van der Waals surface area (Å²) >= 11 is 0. The van der Waals surface area contributed by atoms with Gasteiger partial charge in [-0.2, -0.15) is 0 Å². The number of carbonyl (C=O) groups is 2. The largest absolute Gasteiger partial charge is 0.449 e. The molecule has 0 radical (unpaired) electrons. The summed E-state index contributed by atoms with van der Waals surface area (Å²) in [7, 11) is 0. The molecule has 0 aromatic heterocycles. The first-order valence-electron chi connectivity index (χ1n) is 11.0. The second-order valence-electron chi connectivity index (χ2n) is 8.12. The van der Waals surface area contributed by atoms with Crippen LogP contribution in [0.25, 0.3) is 22.3 Å². The zero-order valence-corrected chi connectivity index (χ0v) is 18.0. The van der Waals surface area contributed by atoms with Crippen LogP contribution in [0.5, 0.6) is 0 Å². The van der Waals surface area contributed by atoms with Crippen LogP contribution in [0.2, 0.25) is 0 Å². The van der Waals surface area contributed by atoms with Gasteiger partial charge in [0.2, 0.25) is 0 Å². The Morgan fingerprint density at radius 2 is 1.45 bits per heavy atom. The number of amides is 1. The van der Waals surface area contributed by atoms with E-state index in [1.165, 1.54) is 22.3 Å². The molecule has 1 amide bonds. The maximum Gasteiger partial charge on any atom is 0.407 e. The number of alkyl carbamates (subject to hydrolysis) is 1. The van der Waals surface area contributed by atoms with Gasteiger partial charge in [-0.1, -0.05) is 91.0 Å². The average molecular weight is 434 g/mol. The van der Waals surface area contributed by atoms with Crippen molar-refractivity contribution in [1.82, 2.24) is 5.32 Å². The highest BCUT2D eigenvalue weighted by molar-refractivity contribution is 5.79. The second-order valence-corrected chi connectivity index (χ2v) is 8.12. The molecule has 4 aromatic rings. The predicted octanol–water partition coefficient (Wildman–Crippen LogP) is 6.20. The lowest BCUT2D eigenvalue weighted by Crippen LogP contribution is -2.25. The topological polar surface area (TPSA) is 55.4 Å². The van der Waals surface area contributed by atoms with Crippen molar-refractivity contribution in [1.29, 1.82) is 0 Å². The summed E-state index contributed by atoms with van der Waals surface area (Å²) in [4.78, 5) is 23.3. The fraction of sp³-hybridized carbons (Fsp3) is 0.103. The van der Waals surface area contributed by atoms with Crippen LogP contribution in [-0.2, 0) is 11.3 Å². The van der Waals surface area contributed by atoms with Crippen LogP contribution in [0, 0.1) is 0 Å². The highest BCUT2D eigenvalue weighted by Crippen LogP contribution is 2.44. The Hall–Kier alpha value is -4.18. The van der Waals surface area contributed by atoms with E-state index in [1.54, 1.807) is 12.1 Å². The van der Waals surface area contributed by atoms with Crippen LogP contribution in [0.15, 0.2) is 97.1 Å². The van der Waals surface area contributed by atoms with E-state index in [0.29, 0.717) is 18.7 Å². The van der Waals surface area contributed by atoms with Crippen LogP contribution >= 0.6 is 0 Å². The molecule has 1 aliphatic carbocycles. The molecule has 0 spiro atoms. The molecule has 162 valence electrons. The van der Waals surface area contributed by atoms with Crippen LogP contribution in [-0.4, -0.2) is 19.0 Å². The zero-order valence-electron chi connectivity index (χ0n) is 18.0. The second kappa shape index (κ2) is 9.13. The van der Waals surface area contributed by atoms with Gasteiger partial charge in [-0.05, 0) is 45.0 Å². The zero-order chi connectivity index (χ0) is 22.6. The van der Waals surface area contributed by atoms with Gasteiger partial charge in [-0.3, -0.25) is 4.79 Å². The van der Waals surface area contributed by atoms with Crippen molar-refractivity contribution in [3.63, 3.8) is 0 Å². The fourth-order valence-corrected chi connectivity index (χ4v) is 4.44. The van der Waals surface area contributed by atoms with E-state index in [-0.39, 0.29) is 5.92 Å². The number of hydrogen-bond donors (Lipinski definition) is 1. The Balaban J connectivity index is 1.22. The third-order valence-electron chi connectivity index (χ3n) is 6.09. The first-order valence-corrected chi connectivity index (χ1v) is 11.0. The fourth-order valence-electron chi connectivity index (χ4n) is 4.44. The number of fused-ring (bicyclic) bond motifs is 3. The van der Waals surface area contributed by atoms with Crippen molar-refractivity contribution in [2.24, 2.45) is 0 Å². The molecule has 0 heterocycles. The number of hydrogen-bond acceptors (Lipinski definition) is 3. The van der Waals surface area contributed by atoms with Gasteiger partial charge >= 0.3 is 6.09 Å². The van der Waals surface area contributed by atoms with Crippen LogP contribution in [0.4, 0.5) is 4.79 Å². The molecule has 4 nitrogen and oxygen atoms in total. The van der Waals surface area contributed by atoms with E-state index in [2.05, 4.69) is 29.6 Å². The summed E-state index contributed by atoms with van der Waals surface area (Å²) < 4.78 is 5.62. The van der Waals surface area contributed by atoms with Crippen molar-refractivity contribution < 1.29 is 14.3 Å². The Morgan fingerprint density at radius 1 is 0.788 bits per heavy atom. The first-order chi connectivity index (χ1) is 16.2. The van der Waals surface area contributed by atoms with Crippen molar-refractivity contribution in [2.45, 2.75) is 12.5 Å². The number of ether oxygens (including phenoxy) is 1. The van der Waals surface area contributed by atoms with E-state index >= 15 is 0 Å². The Kier molecular flexibility index (Phi) is 5.73. The molecule has 0 saturated heterocycles. The van der Waals surface area contributed by atoms with Gasteiger partial charge in [0.25, 0.3) is 0 Å². The van der Waals surface area contributed by atoms with Crippen LogP contribution in [0.3, 0.4) is 0 Å². The van der Waals surface area contributed by atoms with Crippen molar-refractivity contribution in [2.75, 3.05) is 6.61 Å². The van der Waals surface area contributed by atoms with Gasteiger partial charge in [-0.15, -0.1) is 0 Å². The lowest BCUT2D eigenvalue weighted by atomic mass is 9.98. The normalized spacial score (nSPS) is 12.0. The van der Waals surface area contributed by atoms with Crippen molar-refractivity contribution >= 4 is 12.4 Å². The Bertz CT molecular complexity index is 1270. The maximum absolute atomic E-state index is 12.5.